The molecule has 1 aromatic heterocycles. The number of ether oxygens (including phenoxy) is 1. The maximum absolute atomic E-state index is 12.4. The van der Waals surface area contributed by atoms with Crippen LogP contribution < -0.4 is 10.1 Å². The number of nitrogens with one attached hydrogen (secondary N) is 1. The molecular weight excluding hydrogens is 350 g/mol. The Balaban J connectivity index is 2.23. The Bertz CT molecular complexity index is 928. The van der Waals surface area contributed by atoms with E-state index in [4.69, 9.17) is 14.3 Å². The zero-order valence-corrected chi connectivity index (χ0v) is 14.6. The van der Waals surface area contributed by atoms with Gasteiger partial charge in [0.1, 0.15) is 22.8 Å². The van der Waals surface area contributed by atoms with Gasteiger partial charge in [0, 0.05) is 6.26 Å². The van der Waals surface area contributed by atoms with Crippen LogP contribution in [0, 0.1) is 6.92 Å². The Morgan fingerprint density at radius 3 is 2.44 bits per heavy atom. The molecule has 9 heteroatoms. The number of sulfone groups is 1. The van der Waals surface area contributed by atoms with Gasteiger partial charge >= 0.3 is 5.97 Å². The van der Waals surface area contributed by atoms with Gasteiger partial charge in [0.25, 0.3) is 5.91 Å². The number of benzene rings is 1. The van der Waals surface area contributed by atoms with Crippen molar-refractivity contribution in [3.05, 3.63) is 46.9 Å². The second-order valence-corrected chi connectivity index (χ2v) is 7.32. The predicted octanol–water partition coefficient (Wildman–Crippen LogP) is 1.63. The number of hydrogen-bond donors (Lipinski definition) is 2. The molecule has 25 heavy (non-hydrogen) atoms. The van der Waals surface area contributed by atoms with Gasteiger partial charge in [-0.1, -0.05) is 0 Å². The third-order valence-electron chi connectivity index (χ3n) is 3.47. The summed E-state index contributed by atoms with van der Waals surface area (Å²) in [6, 6.07) is 5.28. The van der Waals surface area contributed by atoms with Gasteiger partial charge in [-0.05, 0) is 31.2 Å². The average molecular weight is 367 g/mol. The van der Waals surface area contributed by atoms with E-state index in [2.05, 4.69) is 5.32 Å². The lowest BCUT2D eigenvalue weighted by molar-refractivity contribution is 0.0694. The van der Waals surface area contributed by atoms with Crippen molar-refractivity contribution in [2.24, 2.45) is 0 Å². The summed E-state index contributed by atoms with van der Waals surface area (Å²) >= 11 is 0. The fraction of sp³-hybridized carbons (Fsp3) is 0.250. The van der Waals surface area contributed by atoms with Crippen molar-refractivity contribution >= 4 is 21.7 Å². The number of rotatable bonds is 6. The smallest absolute Gasteiger partial charge is 0.339 e. The lowest BCUT2D eigenvalue weighted by atomic mass is 10.2. The number of hydrogen-bond acceptors (Lipinski definition) is 6. The van der Waals surface area contributed by atoms with Gasteiger partial charge in [-0.3, -0.25) is 4.79 Å². The molecular formula is C16H17NO7S. The highest BCUT2D eigenvalue weighted by Gasteiger charge is 2.18. The van der Waals surface area contributed by atoms with Crippen LogP contribution >= 0.6 is 0 Å². The van der Waals surface area contributed by atoms with E-state index in [1.165, 1.54) is 38.3 Å². The Morgan fingerprint density at radius 1 is 1.24 bits per heavy atom. The molecule has 2 aromatic rings. The van der Waals surface area contributed by atoms with E-state index in [0.29, 0.717) is 0 Å². The highest BCUT2D eigenvalue weighted by atomic mass is 32.2. The molecule has 8 nitrogen and oxygen atoms in total. The summed E-state index contributed by atoms with van der Waals surface area (Å²) in [6.07, 6.45) is 1.04. The molecule has 134 valence electrons. The zero-order valence-electron chi connectivity index (χ0n) is 13.8. The second-order valence-electron chi connectivity index (χ2n) is 5.30. The molecule has 0 radical (unpaired) electrons. The van der Waals surface area contributed by atoms with Crippen molar-refractivity contribution in [1.82, 2.24) is 5.32 Å². The van der Waals surface area contributed by atoms with Crippen molar-refractivity contribution in [1.29, 1.82) is 0 Å². The number of carbonyl (C=O) groups is 2. The van der Waals surface area contributed by atoms with Gasteiger partial charge in [0.15, 0.2) is 9.84 Å². The summed E-state index contributed by atoms with van der Waals surface area (Å²) in [7, 11) is -2.12. The van der Waals surface area contributed by atoms with Crippen LogP contribution in [-0.2, 0) is 16.4 Å². The van der Waals surface area contributed by atoms with Crippen molar-refractivity contribution < 1.29 is 32.3 Å². The van der Waals surface area contributed by atoms with Crippen LogP contribution in [-0.4, -0.2) is 38.8 Å². The molecule has 0 unspecified atom stereocenters. The molecule has 0 aliphatic rings. The molecule has 0 spiro atoms. The maximum Gasteiger partial charge on any atom is 0.339 e. The maximum atomic E-state index is 12.4. The van der Waals surface area contributed by atoms with Crippen molar-refractivity contribution in [2.45, 2.75) is 18.4 Å². The fourth-order valence-corrected chi connectivity index (χ4v) is 2.85. The van der Waals surface area contributed by atoms with Crippen LogP contribution in [0.4, 0.5) is 0 Å². The van der Waals surface area contributed by atoms with Gasteiger partial charge < -0.3 is 19.6 Å². The van der Waals surface area contributed by atoms with Crippen LogP contribution in [0.5, 0.6) is 5.75 Å². The first-order valence-electron chi connectivity index (χ1n) is 7.12. The van der Waals surface area contributed by atoms with Gasteiger partial charge in [0.2, 0.25) is 0 Å². The molecule has 0 saturated heterocycles. The number of aromatic carboxylic acids is 1. The van der Waals surface area contributed by atoms with Gasteiger partial charge in [-0.15, -0.1) is 0 Å². The summed E-state index contributed by atoms with van der Waals surface area (Å²) in [5.74, 6) is -0.990. The van der Waals surface area contributed by atoms with E-state index in [1.807, 2.05) is 0 Å². The van der Waals surface area contributed by atoms with Crippen molar-refractivity contribution in [3.63, 3.8) is 0 Å². The summed E-state index contributed by atoms with van der Waals surface area (Å²) in [5, 5.41) is 11.5. The molecule has 1 heterocycles. The number of amides is 1. The zero-order chi connectivity index (χ0) is 18.8. The van der Waals surface area contributed by atoms with Crippen molar-refractivity contribution in [2.75, 3.05) is 13.4 Å². The molecule has 1 amide bonds. The van der Waals surface area contributed by atoms with Crippen LogP contribution in [0.3, 0.4) is 0 Å². The first-order valence-corrected chi connectivity index (χ1v) is 9.01. The summed E-state index contributed by atoms with van der Waals surface area (Å²) in [6.45, 7) is 1.45. The summed E-state index contributed by atoms with van der Waals surface area (Å²) in [5.41, 5.74) is 0.0630. The number of carboxylic acid groups (broad SMARTS) is 1. The van der Waals surface area contributed by atoms with Crippen LogP contribution in [0.2, 0.25) is 0 Å². The average Bonchev–Trinajstić information content (AvgIpc) is 2.92. The Labute approximate surface area is 144 Å². The minimum absolute atomic E-state index is 0.0135. The number of methoxy groups -OCH3 is 1. The number of aryl methyl sites for hydroxylation is 1. The Hall–Kier alpha value is -2.81. The van der Waals surface area contributed by atoms with Crippen LogP contribution in [0.15, 0.2) is 33.6 Å². The third kappa shape index (κ3) is 4.18. The lowest BCUT2D eigenvalue weighted by Crippen LogP contribution is -2.23. The highest BCUT2D eigenvalue weighted by molar-refractivity contribution is 7.90. The SMILES string of the molecule is COc1ccc(S(C)(=O)=O)cc1C(=O)NCc1cc(C(=O)O)c(C)o1. The largest absolute Gasteiger partial charge is 0.496 e. The van der Waals surface area contributed by atoms with Crippen LogP contribution in [0.1, 0.15) is 32.2 Å². The molecule has 0 bridgehead atoms. The minimum atomic E-state index is -3.48. The lowest BCUT2D eigenvalue weighted by Gasteiger charge is -2.10. The molecule has 2 N–H and O–H groups in total. The Morgan fingerprint density at radius 2 is 1.92 bits per heavy atom. The fourth-order valence-electron chi connectivity index (χ4n) is 2.20. The van der Waals surface area contributed by atoms with E-state index in [1.54, 1.807) is 0 Å². The van der Waals surface area contributed by atoms with Crippen LogP contribution in [0.25, 0.3) is 0 Å². The van der Waals surface area contributed by atoms with Gasteiger partial charge in [-0.25, -0.2) is 13.2 Å². The Kier molecular flexibility index (Phi) is 5.17. The second kappa shape index (κ2) is 6.98. The van der Waals surface area contributed by atoms with E-state index >= 15 is 0 Å². The quantitative estimate of drug-likeness (QED) is 0.795. The van der Waals surface area contributed by atoms with E-state index in [9.17, 15) is 18.0 Å². The molecule has 0 fully saturated rings. The van der Waals surface area contributed by atoms with Crippen molar-refractivity contribution in [3.8, 4) is 5.75 Å². The molecule has 0 aliphatic carbocycles. The molecule has 0 atom stereocenters. The van der Waals surface area contributed by atoms with Gasteiger partial charge in [-0.2, -0.15) is 0 Å². The molecule has 2 rings (SSSR count). The molecule has 0 aliphatic heterocycles. The number of furan rings is 1. The first kappa shape index (κ1) is 18.5. The van der Waals surface area contributed by atoms with E-state index < -0.39 is 21.7 Å². The van der Waals surface area contributed by atoms with E-state index in [-0.39, 0.29) is 39.8 Å². The summed E-state index contributed by atoms with van der Waals surface area (Å²) < 4.78 is 33.7. The predicted molar refractivity (Wildman–Crippen MR) is 87.7 cm³/mol. The highest BCUT2D eigenvalue weighted by Crippen LogP contribution is 2.23. The first-order chi connectivity index (χ1) is 11.6. The normalized spacial score (nSPS) is 11.2. The monoisotopic (exact) mass is 367 g/mol. The van der Waals surface area contributed by atoms with Gasteiger partial charge in [0.05, 0.1) is 24.1 Å². The molecule has 0 saturated carbocycles. The standard InChI is InChI=1S/C16H17NO7S/c1-9-12(16(19)20)6-10(24-9)8-17-15(18)13-7-11(25(3,21)22)4-5-14(13)23-2/h4-7H,8H2,1-3H3,(H,17,18)(H,19,20). The minimum Gasteiger partial charge on any atom is -0.496 e. The molecule has 1 aromatic carbocycles. The number of carbonyl (C=O) groups excluding carboxylic acids is 1. The summed E-state index contributed by atoms with van der Waals surface area (Å²) in [4.78, 5) is 23.3. The topological polar surface area (TPSA) is 123 Å². The number of carboxylic acids is 1. The van der Waals surface area contributed by atoms with E-state index in [0.717, 1.165) is 6.26 Å². The third-order valence-corrected chi connectivity index (χ3v) is 4.58.